The molecule has 0 aliphatic carbocycles. The Labute approximate surface area is 41.1 Å². The maximum Gasteiger partial charge on any atom is 0.0657 e. The topological polar surface area (TPSA) is 9.23 Å². The highest BCUT2D eigenvalue weighted by molar-refractivity contribution is 6.11. The second-order valence-electron chi connectivity index (χ2n) is 1.50. The fourth-order valence-corrected chi connectivity index (χ4v) is 0.900. The number of hydrogen-bond acceptors (Lipinski definition) is 1. The van der Waals surface area contributed by atoms with Crippen molar-refractivity contribution in [1.82, 2.24) is 0 Å². The molecule has 1 nitrogen and oxygen atoms in total. The van der Waals surface area contributed by atoms with Crippen LogP contribution in [0.2, 0.25) is 0 Å². The molecule has 1 rings (SSSR count). The molecule has 0 bridgehead atoms. The summed E-state index contributed by atoms with van der Waals surface area (Å²) in [5.74, 6) is 0. The lowest BCUT2D eigenvalue weighted by molar-refractivity contribution is 0.168. The highest BCUT2D eigenvalue weighted by Gasteiger charge is 2.07. The molecular weight excluding hydrogens is 92.1 g/mol. The van der Waals surface area contributed by atoms with Crippen LogP contribution in [0.1, 0.15) is 12.8 Å². The molecule has 1 saturated heterocycles. The Morgan fingerprint density at radius 1 is 1.67 bits per heavy atom. The zero-order chi connectivity index (χ0) is 4.41. The number of rotatable bonds is 0. The first-order valence-corrected chi connectivity index (χ1v) is 2.80. The van der Waals surface area contributed by atoms with Crippen LogP contribution in [0.4, 0.5) is 0 Å². The highest BCUT2D eigenvalue weighted by Crippen LogP contribution is 2.06. The Bertz CT molecular complexity index is 40.8. The first-order valence-electron chi connectivity index (χ1n) is 2.22. The molecule has 1 atom stereocenters. The molecule has 6 heavy (non-hydrogen) atoms. The van der Waals surface area contributed by atoms with Crippen LogP contribution in [0.5, 0.6) is 0 Å². The van der Waals surface area contributed by atoms with E-state index in [1.54, 1.807) is 0 Å². The van der Waals surface area contributed by atoms with Crippen LogP contribution in [-0.2, 0) is 4.74 Å². The summed E-state index contributed by atoms with van der Waals surface area (Å²) in [7, 11) is 3.36. The summed E-state index contributed by atoms with van der Waals surface area (Å²) in [6, 6.07) is 0. The van der Waals surface area contributed by atoms with Gasteiger partial charge in [-0.05, 0) is 12.8 Å². The largest absolute Gasteiger partial charge is 0.382 e. The molecule has 33 valence electrons. The van der Waals surface area contributed by atoms with Crippen molar-refractivity contribution in [1.29, 1.82) is 0 Å². The summed E-state index contributed by atoms with van der Waals surface area (Å²) in [4.78, 5) is 0. The summed E-state index contributed by atoms with van der Waals surface area (Å²) in [6.45, 7) is 0.939. The monoisotopic (exact) mass is 99.0 g/mol. The zero-order valence-electron chi connectivity index (χ0n) is 3.61. The van der Waals surface area contributed by atoms with Crippen LogP contribution in [-0.4, -0.2) is 22.6 Å². The van der Waals surface area contributed by atoms with Crippen LogP contribution < -0.4 is 0 Å². The Morgan fingerprint density at radius 2 is 2.50 bits per heavy atom. The predicted molar refractivity (Wildman–Crippen MR) is 24.7 cm³/mol. The number of hydrogen-bond donors (Lipinski definition) is 0. The minimum atomic E-state index is 0.352. The Kier molecular flexibility index (Phi) is 1.27. The van der Waals surface area contributed by atoms with Crippen LogP contribution in [0, 0.1) is 0 Å². The standard InChI is InChI=1S/C4H7OSi/c6-4-2-1-3-5-4/h4H,1-3H2. The van der Waals surface area contributed by atoms with E-state index in [0.29, 0.717) is 5.73 Å². The third-order valence-electron chi connectivity index (χ3n) is 0.930. The van der Waals surface area contributed by atoms with Gasteiger partial charge in [-0.3, -0.25) is 0 Å². The molecule has 1 heterocycles. The SMILES string of the molecule is [Si]C1CCCO1. The van der Waals surface area contributed by atoms with Crippen molar-refractivity contribution >= 4 is 10.2 Å². The molecule has 3 radical (unpaired) electrons. The third kappa shape index (κ3) is 0.818. The Hall–Kier alpha value is 0.177. The molecule has 0 N–H and O–H groups in total. The summed E-state index contributed by atoms with van der Waals surface area (Å²) in [5.41, 5.74) is 0.352. The van der Waals surface area contributed by atoms with Gasteiger partial charge >= 0.3 is 0 Å². The van der Waals surface area contributed by atoms with E-state index in [1.165, 1.54) is 12.8 Å². The molecule has 1 aliphatic rings. The second kappa shape index (κ2) is 1.75. The minimum absolute atomic E-state index is 0.352. The smallest absolute Gasteiger partial charge is 0.0657 e. The van der Waals surface area contributed by atoms with E-state index >= 15 is 0 Å². The van der Waals surface area contributed by atoms with Crippen LogP contribution >= 0.6 is 0 Å². The molecular formula is C4H7OSi. The van der Waals surface area contributed by atoms with E-state index in [2.05, 4.69) is 10.2 Å². The molecule has 0 spiro atoms. The van der Waals surface area contributed by atoms with Gasteiger partial charge in [0.1, 0.15) is 0 Å². The quantitative estimate of drug-likeness (QED) is 0.397. The lowest BCUT2D eigenvalue weighted by Crippen LogP contribution is -2.01. The first-order chi connectivity index (χ1) is 2.89. The van der Waals surface area contributed by atoms with E-state index in [4.69, 9.17) is 4.74 Å². The van der Waals surface area contributed by atoms with Crippen molar-refractivity contribution < 1.29 is 4.74 Å². The van der Waals surface area contributed by atoms with Crippen LogP contribution in [0.3, 0.4) is 0 Å². The maximum atomic E-state index is 5.07. The molecule has 0 saturated carbocycles. The normalized spacial score (nSPS) is 34.5. The maximum absolute atomic E-state index is 5.07. The van der Waals surface area contributed by atoms with Gasteiger partial charge in [-0.1, -0.05) is 0 Å². The predicted octanol–water partition coefficient (Wildman–Crippen LogP) is 0.291. The van der Waals surface area contributed by atoms with Crippen molar-refractivity contribution in [2.24, 2.45) is 0 Å². The Morgan fingerprint density at radius 3 is 2.67 bits per heavy atom. The molecule has 0 amide bonds. The van der Waals surface area contributed by atoms with Gasteiger partial charge in [0.2, 0.25) is 0 Å². The summed E-state index contributed by atoms with van der Waals surface area (Å²) < 4.78 is 5.07. The summed E-state index contributed by atoms with van der Waals surface area (Å²) in [6.07, 6.45) is 2.39. The van der Waals surface area contributed by atoms with Crippen LogP contribution in [0.25, 0.3) is 0 Å². The summed E-state index contributed by atoms with van der Waals surface area (Å²) in [5, 5.41) is 0. The van der Waals surface area contributed by atoms with E-state index in [0.717, 1.165) is 6.61 Å². The average Bonchev–Trinajstić information content (AvgIpc) is 1.86. The first kappa shape index (κ1) is 4.34. The molecule has 1 aliphatic heterocycles. The molecule has 0 aromatic rings. The molecule has 2 heteroatoms. The zero-order valence-corrected chi connectivity index (χ0v) is 4.61. The fraction of sp³-hybridized carbons (Fsp3) is 1.00. The highest BCUT2D eigenvalue weighted by atomic mass is 28.1. The van der Waals surface area contributed by atoms with Gasteiger partial charge in [0.25, 0.3) is 0 Å². The van der Waals surface area contributed by atoms with Gasteiger partial charge in [-0.2, -0.15) is 0 Å². The lowest BCUT2D eigenvalue weighted by Gasteiger charge is -1.94. The average molecular weight is 99.2 g/mol. The van der Waals surface area contributed by atoms with Gasteiger partial charge in [-0.15, -0.1) is 0 Å². The lowest BCUT2D eigenvalue weighted by atomic mass is 10.4. The van der Waals surface area contributed by atoms with Crippen LogP contribution in [0.15, 0.2) is 0 Å². The second-order valence-corrected chi connectivity index (χ2v) is 2.15. The number of ether oxygens (including phenoxy) is 1. The van der Waals surface area contributed by atoms with E-state index in [1.807, 2.05) is 0 Å². The van der Waals surface area contributed by atoms with Crippen molar-refractivity contribution in [3.05, 3.63) is 0 Å². The molecule has 0 aromatic heterocycles. The third-order valence-corrected chi connectivity index (χ3v) is 1.39. The fourth-order valence-electron chi connectivity index (χ4n) is 0.578. The van der Waals surface area contributed by atoms with Crippen molar-refractivity contribution in [3.63, 3.8) is 0 Å². The molecule has 1 unspecified atom stereocenters. The van der Waals surface area contributed by atoms with E-state index < -0.39 is 0 Å². The van der Waals surface area contributed by atoms with Gasteiger partial charge in [-0.25, -0.2) is 0 Å². The molecule has 1 fully saturated rings. The molecule has 0 aromatic carbocycles. The van der Waals surface area contributed by atoms with Gasteiger partial charge < -0.3 is 4.74 Å². The van der Waals surface area contributed by atoms with E-state index in [9.17, 15) is 0 Å². The van der Waals surface area contributed by atoms with Gasteiger partial charge in [0, 0.05) is 12.3 Å². The van der Waals surface area contributed by atoms with E-state index in [-0.39, 0.29) is 0 Å². The van der Waals surface area contributed by atoms with Gasteiger partial charge in [0.05, 0.1) is 10.2 Å². The van der Waals surface area contributed by atoms with Crippen molar-refractivity contribution in [2.45, 2.75) is 18.6 Å². The van der Waals surface area contributed by atoms with Crippen molar-refractivity contribution in [3.8, 4) is 0 Å². The van der Waals surface area contributed by atoms with Gasteiger partial charge in [0.15, 0.2) is 0 Å². The summed E-state index contributed by atoms with van der Waals surface area (Å²) >= 11 is 0. The Balaban J connectivity index is 2.18. The minimum Gasteiger partial charge on any atom is -0.382 e. The van der Waals surface area contributed by atoms with Crippen molar-refractivity contribution in [2.75, 3.05) is 6.61 Å².